The zero-order valence-electron chi connectivity index (χ0n) is 15.9. The number of aromatic nitrogens is 3. The molecule has 3 heterocycles. The van der Waals surface area contributed by atoms with E-state index in [9.17, 15) is 4.79 Å². The van der Waals surface area contributed by atoms with E-state index < -0.39 is 0 Å². The first-order valence-corrected chi connectivity index (χ1v) is 9.63. The lowest BCUT2D eigenvalue weighted by molar-refractivity contribution is 0.101. The van der Waals surface area contributed by atoms with Crippen LogP contribution in [0.25, 0.3) is 11.3 Å². The Balaban J connectivity index is 1.48. The number of nitrogens with zero attached hydrogens (tertiary/aromatic N) is 4. The van der Waals surface area contributed by atoms with E-state index in [2.05, 4.69) is 25.6 Å². The highest BCUT2D eigenvalue weighted by atomic mass is 16.5. The van der Waals surface area contributed by atoms with Gasteiger partial charge in [0.2, 0.25) is 0 Å². The Labute approximate surface area is 163 Å². The second-order valence-corrected chi connectivity index (χ2v) is 7.04. The molecular formula is C21H23N5O2. The van der Waals surface area contributed by atoms with Crippen LogP contribution in [0.3, 0.4) is 0 Å². The van der Waals surface area contributed by atoms with E-state index in [1.54, 1.807) is 13.0 Å². The summed E-state index contributed by atoms with van der Waals surface area (Å²) >= 11 is 0. The average Bonchev–Trinajstić information content (AvgIpc) is 2.98. The van der Waals surface area contributed by atoms with Crippen LogP contribution in [-0.4, -0.2) is 34.4 Å². The van der Waals surface area contributed by atoms with Crippen molar-refractivity contribution in [1.29, 1.82) is 0 Å². The largest absolute Gasteiger partial charge is 0.361 e. The second kappa shape index (κ2) is 8.21. The van der Waals surface area contributed by atoms with Crippen molar-refractivity contribution < 1.29 is 9.32 Å². The van der Waals surface area contributed by atoms with Gasteiger partial charge in [-0.25, -0.2) is 0 Å². The van der Waals surface area contributed by atoms with Crippen molar-refractivity contribution in [3.63, 3.8) is 0 Å². The molecule has 4 rings (SSSR count). The predicted octanol–water partition coefficient (Wildman–Crippen LogP) is 4.07. The lowest BCUT2D eigenvalue weighted by Crippen LogP contribution is -2.25. The summed E-state index contributed by atoms with van der Waals surface area (Å²) in [6.07, 6.45) is 4.98. The van der Waals surface area contributed by atoms with Crippen LogP contribution in [0, 0.1) is 6.92 Å². The lowest BCUT2D eigenvalue weighted by atomic mass is 10.1. The highest BCUT2D eigenvalue weighted by Gasteiger charge is 2.13. The highest BCUT2D eigenvalue weighted by molar-refractivity contribution is 6.03. The van der Waals surface area contributed by atoms with Gasteiger partial charge >= 0.3 is 0 Å². The molecule has 0 saturated carbocycles. The van der Waals surface area contributed by atoms with Crippen molar-refractivity contribution >= 4 is 17.4 Å². The summed E-state index contributed by atoms with van der Waals surface area (Å²) in [7, 11) is 0. The fourth-order valence-electron chi connectivity index (χ4n) is 3.37. The molecule has 1 amide bonds. The van der Waals surface area contributed by atoms with Crippen molar-refractivity contribution in [2.75, 3.05) is 23.3 Å². The predicted molar refractivity (Wildman–Crippen MR) is 107 cm³/mol. The molecule has 7 heteroatoms. The number of hydrogen-bond donors (Lipinski definition) is 1. The quantitative estimate of drug-likeness (QED) is 0.738. The number of carbonyl (C=O) groups is 1. The molecule has 1 aliphatic rings. The smallest absolute Gasteiger partial charge is 0.277 e. The Morgan fingerprint density at radius 3 is 2.54 bits per heavy atom. The number of anilines is 2. The fourth-order valence-corrected chi connectivity index (χ4v) is 3.37. The van der Waals surface area contributed by atoms with Gasteiger partial charge < -0.3 is 14.7 Å². The zero-order chi connectivity index (χ0) is 19.3. The molecular weight excluding hydrogens is 354 g/mol. The van der Waals surface area contributed by atoms with Gasteiger partial charge in [0, 0.05) is 30.4 Å². The van der Waals surface area contributed by atoms with Crippen LogP contribution in [0.1, 0.15) is 41.9 Å². The maximum atomic E-state index is 12.3. The Kier molecular flexibility index (Phi) is 5.32. The summed E-state index contributed by atoms with van der Waals surface area (Å²) in [5.74, 6) is 1.21. The van der Waals surface area contributed by atoms with Crippen LogP contribution in [0.15, 0.2) is 47.0 Å². The summed E-state index contributed by atoms with van der Waals surface area (Å²) < 4.78 is 4.95. The Hall–Kier alpha value is -3.22. The monoisotopic (exact) mass is 377 g/mol. The highest BCUT2D eigenvalue weighted by Crippen LogP contribution is 2.23. The topological polar surface area (TPSA) is 84.2 Å². The van der Waals surface area contributed by atoms with Gasteiger partial charge in [0.1, 0.15) is 5.76 Å². The van der Waals surface area contributed by atoms with Crippen molar-refractivity contribution in [2.45, 2.75) is 32.6 Å². The summed E-state index contributed by atoms with van der Waals surface area (Å²) in [5, 5.41) is 15.4. The Bertz CT molecular complexity index is 943. The van der Waals surface area contributed by atoms with E-state index in [0.29, 0.717) is 11.4 Å². The van der Waals surface area contributed by atoms with Gasteiger partial charge in [0.15, 0.2) is 11.5 Å². The van der Waals surface area contributed by atoms with E-state index >= 15 is 0 Å². The first-order valence-electron chi connectivity index (χ1n) is 9.63. The van der Waals surface area contributed by atoms with Crippen LogP contribution in [0.4, 0.5) is 11.5 Å². The van der Waals surface area contributed by atoms with Gasteiger partial charge in [-0.15, -0.1) is 10.2 Å². The van der Waals surface area contributed by atoms with Gasteiger partial charge in [-0.1, -0.05) is 30.1 Å². The molecule has 144 valence electrons. The standard InChI is InChI=1S/C21H23N5O2/c1-15-13-19(25-28-15)21(27)22-17-8-6-7-16(14-17)18-9-10-20(24-23-18)26-11-4-2-3-5-12-26/h6-10,13-14H,2-5,11-12H2,1H3,(H,22,27). The third kappa shape index (κ3) is 4.19. The second-order valence-electron chi connectivity index (χ2n) is 7.04. The van der Waals surface area contributed by atoms with E-state index in [1.807, 2.05) is 36.4 Å². The number of hydrogen-bond acceptors (Lipinski definition) is 6. The molecule has 1 fully saturated rings. The molecule has 1 aliphatic heterocycles. The van der Waals surface area contributed by atoms with Gasteiger partial charge in [-0.05, 0) is 44.0 Å². The van der Waals surface area contributed by atoms with Crippen LogP contribution in [0.2, 0.25) is 0 Å². The van der Waals surface area contributed by atoms with Gasteiger partial charge in [-0.3, -0.25) is 4.79 Å². The molecule has 1 aromatic carbocycles. The molecule has 2 aromatic heterocycles. The molecule has 0 radical (unpaired) electrons. The SMILES string of the molecule is Cc1cc(C(=O)Nc2cccc(-c3ccc(N4CCCCCC4)nn3)c2)no1. The normalized spacial score (nSPS) is 14.5. The lowest BCUT2D eigenvalue weighted by Gasteiger charge is -2.20. The number of amides is 1. The molecule has 0 spiro atoms. The number of aryl methyl sites for hydroxylation is 1. The molecule has 0 unspecified atom stereocenters. The summed E-state index contributed by atoms with van der Waals surface area (Å²) in [5.41, 5.74) is 2.59. The average molecular weight is 377 g/mol. The summed E-state index contributed by atoms with van der Waals surface area (Å²) in [6.45, 7) is 3.83. The number of rotatable bonds is 4. The third-order valence-corrected chi connectivity index (χ3v) is 4.86. The fraction of sp³-hybridized carbons (Fsp3) is 0.333. The maximum Gasteiger partial charge on any atom is 0.277 e. The first-order chi connectivity index (χ1) is 13.7. The van der Waals surface area contributed by atoms with Crippen molar-refractivity contribution in [1.82, 2.24) is 15.4 Å². The molecule has 28 heavy (non-hydrogen) atoms. The Morgan fingerprint density at radius 2 is 1.86 bits per heavy atom. The molecule has 1 saturated heterocycles. The first kappa shape index (κ1) is 18.2. The molecule has 1 N–H and O–H groups in total. The molecule has 3 aromatic rings. The number of nitrogens with one attached hydrogen (secondary N) is 1. The third-order valence-electron chi connectivity index (χ3n) is 4.86. The van der Waals surface area contributed by atoms with E-state index in [-0.39, 0.29) is 11.6 Å². The van der Waals surface area contributed by atoms with E-state index in [1.165, 1.54) is 25.7 Å². The Morgan fingerprint density at radius 1 is 1.04 bits per heavy atom. The molecule has 7 nitrogen and oxygen atoms in total. The minimum Gasteiger partial charge on any atom is -0.361 e. The van der Waals surface area contributed by atoms with Crippen LogP contribution < -0.4 is 10.2 Å². The number of carbonyl (C=O) groups excluding carboxylic acids is 1. The van der Waals surface area contributed by atoms with Crippen LogP contribution in [0.5, 0.6) is 0 Å². The minimum absolute atomic E-state index is 0.254. The molecule has 0 bridgehead atoms. The minimum atomic E-state index is -0.309. The van der Waals surface area contributed by atoms with Gasteiger partial charge in [0.05, 0.1) is 5.69 Å². The van der Waals surface area contributed by atoms with Crippen molar-refractivity contribution in [3.05, 3.63) is 53.9 Å². The van der Waals surface area contributed by atoms with Crippen molar-refractivity contribution in [3.8, 4) is 11.3 Å². The summed E-state index contributed by atoms with van der Waals surface area (Å²) in [6, 6.07) is 13.1. The zero-order valence-corrected chi connectivity index (χ0v) is 15.9. The van der Waals surface area contributed by atoms with Gasteiger partial charge in [-0.2, -0.15) is 0 Å². The number of benzene rings is 1. The maximum absolute atomic E-state index is 12.3. The van der Waals surface area contributed by atoms with E-state index in [0.717, 1.165) is 30.2 Å². The van der Waals surface area contributed by atoms with Gasteiger partial charge in [0.25, 0.3) is 5.91 Å². The molecule has 0 aliphatic carbocycles. The molecule has 0 atom stereocenters. The van der Waals surface area contributed by atoms with E-state index in [4.69, 9.17) is 4.52 Å². The van der Waals surface area contributed by atoms with Crippen molar-refractivity contribution in [2.24, 2.45) is 0 Å². The van der Waals surface area contributed by atoms with Crippen LogP contribution in [-0.2, 0) is 0 Å². The summed E-state index contributed by atoms with van der Waals surface area (Å²) in [4.78, 5) is 14.6. The van der Waals surface area contributed by atoms with Crippen LogP contribution >= 0.6 is 0 Å².